The second-order valence-corrected chi connectivity index (χ2v) is 5.57. The Labute approximate surface area is 145 Å². The van der Waals surface area contributed by atoms with Crippen LogP contribution < -0.4 is 0 Å². The average molecular weight is 357 g/mol. The van der Waals surface area contributed by atoms with Crippen LogP contribution in [0.25, 0.3) is 22.6 Å². The monoisotopic (exact) mass is 356 g/mol. The number of furan rings is 1. The maximum absolute atomic E-state index is 11.0. The molecule has 124 valence electrons. The molecule has 25 heavy (non-hydrogen) atoms. The minimum atomic E-state index is -0.525. The second kappa shape index (κ2) is 5.95. The number of hydrogen-bond acceptors (Lipinski definition) is 7. The van der Waals surface area contributed by atoms with Crippen molar-refractivity contribution in [1.29, 1.82) is 0 Å². The van der Waals surface area contributed by atoms with Crippen molar-refractivity contribution in [2.24, 2.45) is 0 Å². The molecular formula is C15H9ClN6O3. The quantitative estimate of drug-likeness (QED) is 0.407. The van der Waals surface area contributed by atoms with Gasteiger partial charge in [0.2, 0.25) is 0 Å². The van der Waals surface area contributed by atoms with Crippen molar-refractivity contribution in [2.45, 2.75) is 6.54 Å². The van der Waals surface area contributed by atoms with Gasteiger partial charge in [-0.25, -0.2) is 14.6 Å². The molecule has 0 unspecified atom stereocenters. The first-order valence-corrected chi connectivity index (χ1v) is 7.52. The maximum Gasteiger partial charge on any atom is 0.288 e. The topological polar surface area (TPSA) is 113 Å². The minimum absolute atomic E-state index is 0.0830. The highest BCUT2D eigenvalue weighted by molar-refractivity contribution is 6.32. The molecule has 9 nitrogen and oxygen atoms in total. The van der Waals surface area contributed by atoms with Crippen LogP contribution in [0.5, 0.6) is 0 Å². The zero-order chi connectivity index (χ0) is 17.4. The van der Waals surface area contributed by atoms with Crippen molar-refractivity contribution in [3.8, 4) is 11.5 Å². The summed E-state index contributed by atoms with van der Waals surface area (Å²) in [6, 6.07) is 8.10. The molecule has 0 aliphatic heterocycles. The summed E-state index contributed by atoms with van der Waals surface area (Å²) < 4.78 is 6.89. The Bertz CT molecular complexity index is 1080. The molecule has 0 aliphatic rings. The molecular weight excluding hydrogens is 348 g/mol. The molecule has 3 heterocycles. The molecule has 0 atom stereocenters. The van der Waals surface area contributed by atoms with E-state index >= 15 is 0 Å². The van der Waals surface area contributed by atoms with E-state index in [4.69, 9.17) is 16.0 Å². The number of aromatic nitrogens is 5. The number of hydrogen-bond donors (Lipinski definition) is 0. The minimum Gasteiger partial charge on any atom is -0.463 e. The van der Waals surface area contributed by atoms with Crippen LogP contribution in [0.1, 0.15) is 5.56 Å². The van der Waals surface area contributed by atoms with Gasteiger partial charge in [-0.05, 0) is 23.8 Å². The molecule has 3 aromatic heterocycles. The van der Waals surface area contributed by atoms with E-state index in [1.165, 1.54) is 23.1 Å². The Hall–Kier alpha value is -3.33. The molecule has 10 heteroatoms. The predicted molar refractivity (Wildman–Crippen MR) is 88.0 cm³/mol. The van der Waals surface area contributed by atoms with Gasteiger partial charge < -0.3 is 4.42 Å². The van der Waals surface area contributed by atoms with Crippen molar-refractivity contribution in [3.63, 3.8) is 0 Å². The summed E-state index contributed by atoms with van der Waals surface area (Å²) in [5.74, 6) is 0.557. The summed E-state index contributed by atoms with van der Waals surface area (Å²) in [5, 5.41) is 19.3. The highest BCUT2D eigenvalue weighted by atomic mass is 35.5. The fourth-order valence-electron chi connectivity index (χ4n) is 2.46. The molecule has 0 aliphatic carbocycles. The fraction of sp³-hybridized carbons (Fsp3) is 0.0667. The van der Waals surface area contributed by atoms with Gasteiger partial charge in [0.05, 0.1) is 17.7 Å². The van der Waals surface area contributed by atoms with Crippen molar-refractivity contribution < 1.29 is 9.34 Å². The van der Waals surface area contributed by atoms with Gasteiger partial charge in [-0.15, -0.1) is 5.10 Å². The van der Waals surface area contributed by atoms with Crippen LogP contribution in [-0.2, 0) is 6.54 Å². The molecule has 4 rings (SSSR count). The first kappa shape index (κ1) is 15.2. The normalized spacial score (nSPS) is 11.1. The molecule has 0 spiro atoms. The first-order chi connectivity index (χ1) is 12.1. The van der Waals surface area contributed by atoms with Crippen molar-refractivity contribution >= 4 is 28.5 Å². The van der Waals surface area contributed by atoms with Crippen LogP contribution in [-0.4, -0.2) is 29.9 Å². The Kier molecular flexibility index (Phi) is 3.62. The van der Waals surface area contributed by atoms with Gasteiger partial charge in [0, 0.05) is 6.07 Å². The standard InChI is InChI=1S/C15H9ClN6O3/c16-10-4-3-9(6-11(10)22(23)24)7-21-15-14(19-20-21)13(17-8-18-15)12-2-1-5-25-12/h1-6,8H,7H2. The molecule has 0 radical (unpaired) electrons. The number of nitro groups is 1. The summed E-state index contributed by atoms with van der Waals surface area (Å²) >= 11 is 5.84. The SMILES string of the molecule is O=[N+]([O-])c1cc(Cn2nnc3c(-c4ccco4)ncnc32)ccc1Cl. The lowest BCUT2D eigenvalue weighted by Gasteiger charge is -2.03. The molecule has 0 N–H and O–H groups in total. The van der Waals surface area contributed by atoms with E-state index in [1.807, 2.05) is 0 Å². The van der Waals surface area contributed by atoms with Crippen LogP contribution >= 0.6 is 11.6 Å². The Balaban J connectivity index is 1.75. The van der Waals surface area contributed by atoms with Crippen molar-refractivity contribution in [3.05, 3.63) is 63.6 Å². The first-order valence-electron chi connectivity index (χ1n) is 7.14. The fourth-order valence-corrected chi connectivity index (χ4v) is 2.65. The lowest BCUT2D eigenvalue weighted by molar-refractivity contribution is -0.384. The van der Waals surface area contributed by atoms with Crippen molar-refractivity contribution in [1.82, 2.24) is 25.0 Å². The number of nitro benzene ring substituents is 1. The van der Waals surface area contributed by atoms with E-state index in [9.17, 15) is 10.1 Å². The zero-order valence-electron chi connectivity index (χ0n) is 12.5. The highest BCUT2D eigenvalue weighted by Crippen LogP contribution is 2.27. The zero-order valence-corrected chi connectivity index (χ0v) is 13.3. The van der Waals surface area contributed by atoms with Gasteiger partial charge >= 0.3 is 0 Å². The lowest BCUT2D eigenvalue weighted by atomic mass is 10.2. The van der Waals surface area contributed by atoms with E-state index in [0.717, 1.165) is 0 Å². The van der Waals surface area contributed by atoms with E-state index in [-0.39, 0.29) is 17.3 Å². The van der Waals surface area contributed by atoms with Gasteiger partial charge in [-0.2, -0.15) is 0 Å². The number of nitrogens with zero attached hydrogens (tertiary/aromatic N) is 6. The van der Waals surface area contributed by atoms with Crippen molar-refractivity contribution in [2.75, 3.05) is 0 Å². The highest BCUT2D eigenvalue weighted by Gasteiger charge is 2.17. The van der Waals surface area contributed by atoms with Crippen LogP contribution in [0.3, 0.4) is 0 Å². The number of fused-ring (bicyclic) bond motifs is 1. The van der Waals surface area contributed by atoms with Gasteiger partial charge in [0.1, 0.15) is 17.0 Å². The average Bonchev–Trinajstić information content (AvgIpc) is 3.26. The predicted octanol–water partition coefficient (Wildman–Crippen LogP) is 3.09. The molecule has 4 aromatic rings. The third-order valence-corrected chi connectivity index (χ3v) is 3.91. The smallest absolute Gasteiger partial charge is 0.288 e. The summed E-state index contributed by atoms with van der Waals surface area (Å²) in [6.45, 7) is 0.253. The molecule has 1 aromatic carbocycles. The Morgan fingerprint density at radius 1 is 1.28 bits per heavy atom. The molecule has 0 amide bonds. The van der Waals surface area contributed by atoms with Crippen LogP contribution in [0, 0.1) is 10.1 Å². The lowest BCUT2D eigenvalue weighted by Crippen LogP contribution is -2.04. The van der Waals surface area contributed by atoms with Gasteiger partial charge in [0.25, 0.3) is 5.69 Å². The summed E-state index contributed by atoms with van der Waals surface area (Å²) in [5.41, 5.74) is 2.01. The van der Waals surface area contributed by atoms with E-state index in [2.05, 4.69) is 20.3 Å². The third-order valence-electron chi connectivity index (χ3n) is 3.59. The number of benzene rings is 1. The molecule has 0 bridgehead atoms. The molecule has 0 fully saturated rings. The third kappa shape index (κ3) is 2.70. The second-order valence-electron chi connectivity index (χ2n) is 5.16. The van der Waals surface area contributed by atoms with E-state index in [0.29, 0.717) is 28.2 Å². The summed E-state index contributed by atoms with van der Waals surface area (Å²) in [7, 11) is 0. The summed E-state index contributed by atoms with van der Waals surface area (Å²) in [6.07, 6.45) is 2.94. The maximum atomic E-state index is 11.0. The Morgan fingerprint density at radius 2 is 2.16 bits per heavy atom. The van der Waals surface area contributed by atoms with Crippen LogP contribution in [0.4, 0.5) is 5.69 Å². The van der Waals surface area contributed by atoms with Gasteiger partial charge in [-0.3, -0.25) is 10.1 Å². The van der Waals surface area contributed by atoms with Crippen LogP contribution in [0.2, 0.25) is 5.02 Å². The molecule has 0 saturated heterocycles. The molecule has 0 saturated carbocycles. The summed E-state index contributed by atoms with van der Waals surface area (Å²) in [4.78, 5) is 18.9. The van der Waals surface area contributed by atoms with Gasteiger partial charge in [0.15, 0.2) is 16.9 Å². The largest absolute Gasteiger partial charge is 0.463 e. The van der Waals surface area contributed by atoms with Gasteiger partial charge in [-0.1, -0.05) is 22.9 Å². The number of halogens is 1. The van der Waals surface area contributed by atoms with E-state index in [1.54, 1.807) is 24.5 Å². The van der Waals surface area contributed by atoms with E-state index < -0.39 is 4.92 Å². The number of rotatable bonds is 4. The Morgan fingerprint density at radius 3 is 2.92 bits per heavy atom. The van der Waals surface area contributed by atoms with Crippen LogP contribution in [0.15, 0.2) is 47.3 Å².